The smallest absolute Gasteiger partial charge is 0.444 e. The third-order valence-electron chi connectivity index (χ3n) is 5.12. The zero-order valence-corrected chi connectivity index (χ0v) is 18.9. The lowest BCUT2D eigenvalue weighted by molar-refractivity contribution is -0.137. The maximum absolute atomic E-state index is 13.6. The SMILES string of the molecule is CC(C)(C)OC(=O)NCC(=Cc1ccc(N)cc1C(F)(F)F)B1OC(C)(C)C(C)(C)O1. The lowest BCUT2D eigenvalue weighted by Crippen LogP contribution is -2.41. The number of alkyl carbamates (subject to hydrolysis) is 1. The molecule has 0 spiro atoms. The number of amides is 1. The molecule has 3 N–H and O–H groups in total. The second-order valence-corrected chi connectivity index (χ2v) is 9.51. The second-order valence-electron chi connectivity index (χ2n) is 9.51. The van der Waals surface area contributed by atoms with Crippen LogP contribution in [0.4, 0.5) is 23.7 Å². The molecule has 0 atom stereocenters. The number of nitrogens with two attached hydrogens (primary N) is 1. The first-order valence-electron chi connectivity index (χ1n) is 9.91. The van der Waals surface area contributed by atoms with Crippen molar-refractivity contribution < 1.29 is 32.0 Å². The molecule has 0 unspecified atom stereocenters. The number of rotatable bonds is 4. The zero-order chi connectivity index (χ0) is 23.8. The standard InChI is InChI=1S/C21H30BF3N2O4/c1-18(2,3)29-17(28)27-12-14(22-30-19(4,5)20(6,7)31-22)10-13-8-9-15(26)11-16(13)21(23,24)25/h8-11H,12,26H2,1-7H3,(H,27,28). The molecule has 10 heteroatoms. The summed E-state index contributed by atoms with van der Waals surface area (Å²) in [6.07, 6.45) is -4.01. The maximum atomic E-state index is 13.6. The maximum Gasteiger partial charge on any atom is 0.492 e. The van der Waals surface area contributed by atoms with Crippen molar-refractivity contribution in [3.8, 4) is 0 Å². The van der Waals surface area contributed by atoms with Crippen molar-refractivity contribution in [2.45, 2.75) is 71.4 Å². The van der Waals surface area contributed by atoms with E-state index < -0.39 is 41.8 Å². The summed E-state index contributed by atoms with van der Waals surface area (Å²) < 4.78 is 57.9. The minimum Gasteiger partial charge on any atom is -0.444 e. The van der Waals surface area contributed by atoms with Gasteiger partial charge < -0.3 is 25.1 Å². The highest BCUT2D eigenvalue weighted by atomic mass is 19.4. The Bertz CT molecular complexity index is 845. The first kappa shape index (κ1) is 25.1. The number of alkyl halides is 3. The van der Waals surface area contributed by atoms with Gasteiger partial charge in [-0.3, -0.25) is 0 Å². The van der Waals surface area contributed by atoms with E-state index in [9.17, 15) is 18.0 Å². The molecule has 6 nitrogen and oxygen atoms in total. The highest BCUT2D eigenvalue weighted by Crippen LogP contribution is 2.40. The van der Waals surface area contributed by atoms with E-state index >= 15 is 0 Å². The Hall–Kier alpha value is -2.20. The van der Waals surface area contributed by atoms with E-state index in [0.29, 0.717) is 5.47 Å². The quantitative estimate of drug-likeness (QED) is 0.516. The number of hydrogen-bond acceptors (Lipinski definition) is 5. The number of hydrogen-bond donors (Lipinski definition) is 2. The Kier molecular flexibility index (Phi) is 6.78. The van der Waals surface area contributed by atoms with Crippen LogP contribution >= 0.6 is 0 Å². The Morgan fingerprint density at radius 3 is 2.19 bits per heavy atom. The fourth-order valence-corrected chi connectivity index (χ4v) is 2.83. The summed E-state index contributed by atoms with van der Waals surface area (Å²) in [7, 11) is -0.960. The van der Waals surface area contributed by atoms with Crippen LogP contribution in [0.25, 0.3) is 6.08 Å². The first-order chi connectivity index (χ1) is 13.9. The van der Waals surface area contributed by atoms with Crippen molar-refractivity contribution >= 4 is 25.0 Å². The third kappa shape index (κ3) is 6.40. The number of nitrogen functional groups attached to an aromatic ring is 1. The van der Waals surface area contributed by atoms with Gasteiger partial charge in [-0.25, -0.2) is 4.79 Å². The van der Waals surface area contributed by atoms with Gasteiger partial charge in [0.1, 0.15) is 5.60 Å². The lowest BCUT2D eigenvalue weighted by Gasteiger charge is -2.32. The van der Waals surface area contributed by atoms with E-state index in [0.717, 1.165) is 6.07 Å². The molecule has 172 valence electrons. The van der Waals surface area contributed by atoms with Gasteiger partial charge in [0.05, 0.1) is 16.8 Å². The molecule has 1 fully saturated rings. The van der Waals surface area contributed by atoms with Gasteiger partial charge in [0, 0.05) is 12.2 Å². The number of ether oxygens (including phenoxy) is 1. The minimum atomic E-state index is -4.61. The summed E-state index contributed by atoms with van der Waals surface area (Å²) in [5, 5.41) is 2.57. The minimum absolute atomic E-state index is 0.00598. The van der Waals surface area contributed by atoms with Gasteiger partial charge in [-0.1, -0.05) is 12.1 Å². The number of carbonyl (C=O) groups is 1. The van der Waals surface area contributed by atoms with Crippen molar-refractivity contribution in [2.75, 3.05) is 12.3 Å². The molecule has 1 aromatic rings. The van der Waals surface area contributed by atoms with Gasteiger partial charge in [0.25, 0.3) is 0 Å². The van der Waals surface area contributed by atoms with Gasteiger partial charge in [-0.15, -0.1) is 0 Å². The van der Waals surface area contributed by atoms with Crippen LogP contribution in [0.2, 0.25) is 0 Å². The molecule has 0 aliphatic carbocycles. The van der Waals surface area contributed by atoms with Crippen LogP contribution < -0.4 is 11.1 Å². The van der Waals surface area contributed by atoms with Crippen LogP contribution in [0.3, 0.4) is 0 Å². The Labute approximate surface area is 181 Å². The number of halogens is 3. The summed E-state index contributed by atoms with van der Waals surface area (Å²) in [5.41, 5.74) is 2.71. The Balaban J connectivity index is 2.43. The van der Waals surface area contributed by atoms with Gasteiger partial charge in [-0.2, -0.15) is 13.2 Å². The van der Waals surface area contributed by atoms with Crippen LogP contribution in [0, 0.1) is 0 Å². The monoisotopic (exact) mass is 442 g/mol. The van der Waals surface area contributed by atoms with Crippen molar-refractivity contribution in [2.24, 2.45) is 0 Å². The topological polar surface area (TPSA) is 82.8 Å². The molecule has 1 saturated heterocycles. The van der Waals surface area contributed by atoms with E-state index in [-0.39, 0.29) is 17.8 Å². The highest BCUT2D eigenvalue weighted by molar-refractivity contribution is 6.56. The van der Waals surface area contributed by atoms with E-state index in [4.69, 9.17) is 19.8 Å². The zero-order valence-electron chi connectivity index (χ0n) is 18.9. The summed E-state index contributed by atoms with van der Waals surface area (Å²) in [6, 6.07) is 3.52. The average molecular weight is 442 g/mol. The van der Waals surface area contributed by atoms with Crippen molar-refractivity contribution in [1.82, 2.24) is 5.32 Å². The average Bonchev–Trinajstić information content (AvgIpc) is 2.77. The molecular weight excluding hydrogens is 412 g/mol. The molecule has 1 aliphatic heterocycles. The Morgan fingerprint density at radius 2 is 1.71 bits per heavy atom. The molecule has 0 radical (unpaired) electrons. The summed E-state index contributed by atoms with van der Waals surface area (Å²) in [5.74, 6) is 0. The fourth-order valence-electron chi connectivity index (χ4n) is 2.83. The molecule has 1 aliphatic rings. The summed E-state index contributed by atoms with van der Waals surface area (Å²) >= 11 is 0. The molecular formula is C21H30BF3N2O4. The van der Waals surface area contributed by atoms with E-state index in [1.165, 1.54) is 18.2 Å². The largest absolute Gasteiger partial charge is 0.492 e. The van der Waals surface area contributed by atoms with Gasteiger partial charge in [0.15, 0.2) is 0 Å². The molecule has 31 heavy (non-hydrogen) atoms. The van der Waals surface area contributed by atoms with Gasteiger partial charge >= 0.3 is 19.4 Å². The normalized spacial score (nSPS) is 18.8. The van der Waals surface area contributed by atoms with Crippen molar-refractivity contribution in [3.05, 3.63) is 34.8 Å². The number of benzene rings is 1. The van der Waals surface area contributed by atoms with Crippen LogP contribution in [0.5, 0.6) is 0 Å². The molecule has 0 aromatic heterocycles. The summed E-state index contributed by atoms with van der Waals surface area (Å²) in [6.45, 7) is 12.3. The number of nitrogens with one attached hydrogen (secondary N) is 1. The van der Waals surface area contributed by atoms with Gasteiger partial charge in [0.2, 0.25) is 0 Å². The predicted octanol–water partition coefficient (Wildman–Crippen LogP) is 4.83. The molecule has 2 rings (SSSR count). The van der Waals surface area contributed by atoms with Gasteiger partial charge in [-0.05, 0) is 71.6 Å². The van der Waals surface area contributed by atoms with Crippen LogP contribution in [-0.2, 0) is 20.2 Å². The molecule has 0 bridgehead atoms. The van der Waals surface area contributed by atoms with Crippen molar-refractivity contribution in [1.29, 1.82) is 0 Å². The fraction of sp³-hybridized carbons (Fsp3) is 0.571. The van der Waals surface area contributed by atoms with Crippen LogP contribution in [-0.4, -0.2) is 36.6 Å². The van der Waals surface area contributed by atoms with Crippen molar-refractivity contribution in [3.63, 3.8) is 0 Å². The lowest BCUT2D eigenvalue weighted by atomic mass is 9.76. The van der Waals surface area contributed by atoms with E-state index in [1.54, 1.807) is 20.8 Å². The van der Waals surface area contributed by atoms with E-state index in [1.807, 2.05) is 27.7 Å². The molecule has 0 saturated carbocycles. The van der Waals surface area contributed by atoms with Crippen LogP contribution in [0.1, 0.15) is 59.6 Å². The molecule has 1 amide bonds. The number of carbonyl (C=O) groups excluding carboxylic acids is 1. The third-order valence-corrected chi connectivity index (χ3v) is 5.12. The predicted molar refractivity (Wildman–Crippen MR) is 114 cm³/mol. The van der Waals surface area contributed by atoms with Crippen LogP contribution in [0.15, 0.2) is 23.7 Å². The highest BCUT2D eigenvalue weighted by Gasteiger charge is 2.52. The summed E-state index contributed by atoms with van der Waals surface area (Å²) in [4.78, 5) is 12.1. The molecule has 1 heterocycles. The van der Waals surface area contributed by atoms with E-state index in [2.05, 4.69) is 5.32 Å². The first-order valence-corrected chi connectivity index (χ1v) is 9.91. The Morgan fingerprint density at radius 1 is 1.16 bits per heavy atom. The number of anilines is 1. The molecule has 1 aromatic carbocycles. The second kappa shape index (κ2) is 8.39.